The number of anilines is 3. The van der Waals surface area contributed by atoms with E-state index in [2.05, 4.69) is 90.2 Å². The lowest BCUT2D eigenvalue weighted by molar-refractivity contribution is 0.120. The van der Waals surface area contributed by atoms with Crippen molar-refractivity contribution in [3.05, 3.63) is 72.1 Å². The van der Waals surface area contributed by atoms with E-state index < -0.39 is 0 Å². The van der Waals surface area contributed by atoms with Crippen molar-refractivity contribution in [1.82, 2.24) is 24.8 Å². The molecule has 0 atom stereocenters. The maximum Gasteiger partial charge on any atom is 0.230 e. The maximum atomic E-state index is 6.07. The van der Waals surface area contributed by atoms with Gasteiger partial charge in [0.1, 0.15) is 5.82 Å². The molecule has 5 rings (SSSR count). The standard InChI is InChI=1S/C25H32N8/c26-24-27-23(20-31-13-11-30(12-14-31)19-21-7-3-1-4-8-21)28-25(29-24)33-17-15-32(16-18-33)22-9-5-2-6-10-22/h1-10H,11-20H2,(H2,26,27,28,29). The summed E-state index contributed by atoms with van der Waals surface area (Å²) in [5, 5.41) is 0. The summed E-state index contributed by atoms with van der Waals surface area (Å²) in [7, 11) is 0. The van der Waals surface area contributed by atoms with E-state index in [0.717, 1.165) is 64.7 Å². The van der Waals surface area contributed by atoms with Crippen LogP contribution < -0.4 is 15.5 Å². The van der Waals surface area contributed by atoms with Crippen molar-refractivity contribution < 1.29 is 0 Å². The maximum absolute atomic E-state index is 6.07. The Hall–Kier alpha value is -3.23. The lowest BCUT2D eigenvalue weighted by Crippen LogP contribution is -2.47. The molecule has 8 heteroatoms. The third-order valence-electron chi connectivity index (χ3n) is 6.45. The van der Waals surface area contributed by atoms with Crippen molar-refractivity contribution in [1.29, 1.82) is 0 Å². The zero-order chi connectivity index (χ0) is 22.5. The molecule has 0 bridgehead atoms. The van der Waals surface area contributed by atoms with Gasteiger partial charge in [-0.3, -0.25) is 9.80 Å². The van der Waals surface area contributed by atoms with Crippen molar-refractivity contribution >= 4 is 17.6 Å². The van der Waals surface area contributed by atoms with Gasteiger partial charge < -0.3 is 15.5 Å². The number of para-hydroxylation sites is 1. The van der Waals surface area contributed by atoms with E-state index in [4.69, 9.17) is 10.7 Å². The number of hydrogen-bond acceptors (Lipinski definition) is 8. The Morgan fingerprint density at radius 3 is 1.85 bits per heavy atom. The Balaban J connectivity index is 1.15. The Morgan fingerprint density at radius 2 is 1.18 bits per heavy atom. The summed E-state index contributed by atoms with van der Waals surface area (Å²) >= 11 is 0. The molecule has 2 aliphatic rings. The second-order valence-electron chi connectivity index (χ2n) is 8.76. The number of nitrogens with two attached hydrogens (primary N) is 1. The van der Waals surface area contributed by atoms with Crippen LogP contribution in [0.25, 0.3) is 0 Å². The molecule has 2 saturated heterocycles. The van der Waals surface area contributed by atoms with E-state index in [1.165, 1.54) is 11.3 Å². The predicted octanol–water partition coefficient (Wildman–Crippen LogP) is 2.10. The third kappa shape index (κ3) is 5.58. The molecule has 0 saturated carbocycles. The molecule has 1 aromatic heterocycles. The van der Waals surface area contributed by atoms with Gasteiger partial charge in [-0.1, -0.05) is 48.5 Å². The Morgan fingerprint density at radius 1 is 0.606 bits per heavy atom. The number of benzene rings is 2. The van der Waals surface area contributed by atoms with Crippen molar-refractivity contribution in [2.45, 2.75) is 13.1 Å². The molecule has 0 aliphatic carbocycles. The lowest BCUT2D eigenvalue weighted by atomic mass is 10.2. The van der Waals surface area contributed by atoms with Crippen LogP contribution in [-0.2, 0) is 13.1 Å². The molecular weight excluding hydrogens is 412 g/mol. The minimum atomic E-state index is 0.309. The summed E-state index contributed by atoms with van der Waals surface area (Å²) in [6.45, 7) is 9.43. The summed E-state index contributed by atoms with van der Waals surface area (Å²) in [5.41, 5.74) is 8.70. The smallest absolute Gasteiger partial charge is 0.230 e. The number of hydrogen-bond donors (Lipinski definition) is 1. The summed E-state index contributed by atoms with van der Waals surface area (Å²) < 4.78 is 0. The van der Waals surface area contributed by atoms with Gasteiger partial charge in [-0.05, 0) is 17.7 Å². The molecule has 8 nitrogen and oxygen atoms in total. The van der Waals surface area contributed by atoms with Crippen LogP contribution in [0.3, 0.4) is 0 Å². The second-order valence-corrected chi connectivity index (χ2v) is 8.76. The molecule has 0 spiro atoms. The van der Waals surface area contributed by atoms with Crippen molar-refractivity contribution in [2.75, 3.05) is 67.9 Å². The van der Waals surface area contributed by atoms with Crippen LogP contribution in [0.5, 0.6) is 0 Å². The molecule has 2 aromatic carbocycles. The number of aromatic nitrogens is 3. The van der Waals surface area contributed by atoms with Crippen molar-refractivity contribution in [2.24, 2.45) is 0 Å². The van der Waals surface area contributed by atoms with E-state index in [0.29, 0.717) is 18.4 Å². The average molecular weight is 445 g/mol. The van der Waals surface area contributed by atoms with Crippen LogP contribution in [0, 0.1) is 0 Å². The number of nitrogen functional groups attached to an aromatic ring is 1. The molecule has 172 valence electrons. The largest absolute Gasteiger partial charge is 0.368 e. The van der Waals surface area contributed by atoms with Crippen LogP contribution in [0.2, 0.25) is 0 Å². The first kappa shape index (κ1) is 21.6. The molecule has 2 aliphatic heterocycles. The second kappa shape index (κ2) is 10.1. The van der Waals surface area contributed by atoms with Crippen LogP contribution in [0.1, 0.15) is 11.4 Å². The van der Waals surface area contributed by atoms with Gasteiger partial charge >= 0.3 is 0 Å². The van der Waals surface area contributed by atoms with Gasteiger partial charge in [0.05, 0.1) is 6.54 Å². The highest BCUT2D eigenvalue weighted by Crippen LogP contribution is 2.19. The van der Waals surface area contributed by atoms with Gasteiger partial charge in [-0.15, -0.1) is 0 Å². The fourth-order valence-corrected chi connectivity index (χ4v) is 4.59. The number of rotatable bonds is 6. The Bertz CT molecular complexity index is 1010. The molecule has 0 unspecified atom stereocenters. The van der Waals surface area contributed by atoms with Crippen molar-refractivity contribution in [3.8, 4) is 0 Å². The van der Waals surface area contributed by atoms with Gasteiger partial charge in [-0.2, -0.15) is 15.0 Å². The van der Waals surface area contributed by atoms with Crippen LogP contribution in [-0.4, -0.2) is 77.1 Å². The number of piperazine rings is 2. The van der Waals surface area contributed by atoms with Gasteiger partial charge in [0.15, 0.2) is 0 Å². The highest BCUT2D eigenvalue weighted by atomic mass is 15.3. The molecule has 2 fully saturated rings. The highest BCUT2D eigenvalue weighted by Gasteiger charge is 2.22. The van der Waals surface area contributed by atoms with Crippen LogP contribution in [0.4, 0.5) is 17.6 Å². The third-order valence-corrected chi connectivity index (χ3v) is 6.45. The molecule has 3 aromatic rings. The molecular formula is C25H32N8. The van der Waals surface area contributed by atoms with Crippen LogP contribution in [0.15, 0.2) is 60.7 Å². The Labute approximate surface area is 195 Å². The lowest BCUT2D eigenvalue weighted by Gasteiger charge is -2.36. The number of nitrogens with zero attached hydrogens (tertiary/aromatic N) is 7. The quantitative estimate of drug-likeness (QED) is 0.619. The SMILES string of the molecule is Nc1nc(CN2CCN(Cc3ccccc3)CC2)nc(N2CCN(c3ccccc3)CC2)n1. The summed E-state index contributed by atoms with van der Waals surface area (Å²) in [5.74, 6) is 1.77. The van der Waals surface area contributed by atoms with Crippen molar-refractivity contribution in [3.63, 3.8) is 0 Å². The van der Waals surface area contributed by atoms with Gasteiger partial charge in [0.25, 0.3) is 0 Å². The average Bonchev–Trinajstić information content (AvgIpc) is 2.86. The van der Waals surface area contributed by atoms with E-state index in [1.54, 1.807) is 0 Å². The first-order chi connectivity index (χ1) is 16.2. The molecule has 0 radical (unpaired) electrons. The molecule has 3 heterocycles. The monoisotopic (exact) mass is 444 g/mol. The minimum Gasteiger partial charge on any atom is -0.368 e. The first-order valence-electron chi connectivity index (χ1n) is 11.8. The first-order valence-corrected chi connectivity index (χ1v) is 11.8. The van der Waals surface area contributed by atoms with E-state index in [1.807, 2.05) is 0 Å². The van der Waals surface area contributed by atoms with E-state index in [9.17, 15) is 0 Å². The highest BCUT2D eigenvalue weighted by molar-refractivity contribution is 5.48. The summed E-state index contributed by atoms with van der Waals surface area (Å²) in [4.78, 5) is 23.2. The van der Waals surface area contributed by atoms with E-state index in [-0.39, 0.29) is 0 Å². The molecule has 33 heavy (non-hydrogen) atoms. The molecule has 0 amide bonds. The summed E-state index contributed by atoms with van der Waals surface area (Å²) in [6.07, 6.45) is 0. The topological polar surface area (TPSA) is 77.7 Å². The summed E-state index contributed by atoms with van der Waals surface area (Å²) in [6, 6.07) is 21.2. The fraction of sp³-hybridized carbons (Fsp3) is 0.400. The van der Waals surface area contributed by atoms with Gasteiger partial charge in [0, 0.05) is 64.6 Å². The van der Waals surface area contributed by atoms with Crippen LogP contribution >= 0.6 is 0 Å². The van der Waals surface area contributed by atoms with E-state index >= 15 is 0 Å². The van der Waals surface area contributed by atoms with Gasteiger partial charge in [-0.25, -0.2) is 0 Å². The molecule has 2 N–H and O–H groups in total. The zero-order valence-electron chi connectivity index (χ0n) is 19.1. The Kier molecular flexibility index (Phi) is 6.64. The predicted molar refractivity (Wildman–Crippen MR) is 132 cm³/mol. The van der Waals surface area contributed by atoms with Gasteiger partial charge in [0.2, 0.25) is 11.9 Å². The normalized spacial score (nSPS) is 17.9. The zero-order valence-corrected chi connectivity index (χ0v) is 19.1. The fourth-order valence-electron chi connectivity index (χ4n) is 4.59. The minimum absolute atomic E-state index is 0.309.